The predicted octanol–water partition coefficient (Wildman–Crippen LogP) is 5.38. The highest BCUT2D eigenvalue weighted by molar-refractivity contribution is 7.81. The van der Waals surface area contributed by atoms with Gasteiger partial charge in [-0.15, -0.1) is 0 Å². The molecule has 5 heteroatoms. The van der Waals surface area contributed by atoms with Crippen molar-refractivity contribution in [3.05, 3.63) is 0 Å². The van der Waals surface area contributed by atoms with E-state index in [1.807, 2.05) is 0 Å². The summed E-state index contributed by atoms with van der Waals surface area (Å²) in [6.45, 7) is 2.49. The van der Waals surface area contributed by atoms with Crippen molar-refractivity contribution in [1.29, 1.82) is 0 Å². The summed E-state index contributed by atoms with van der Waals surface area (Å²) >= 11 is 0. The Bertz CT molecular complexity index is 315. The van der Waals surface area contributed by atoms with Crippen molar-refractivity contribution in [2.75, 3.05) is 13.7 Å². The molecule has 0 fully saturated rings. The molecule has 0 spiro atoms. The monoisotopic (exact) mass is 336 g/mol. The Balaban J connectivity index is 3.09. The normalized spacial score (nSPS) is 11.9. The van der Waals surface area contributed by atoms with Gasteiger partial charge >= 0.3 is 10.4 Å². The molecule has 0 atom stereocenters. The van der Waals surface area contributed by atoms with Crippen molar-refractivity contribution < 1.29 is 16.8 Å². The van der Waals surface area contributed by atoms with E-state index >= 15 is 0 Å². The van der Waals surface area contributed by atoms with Gasteiger partial charge in [0.05, 0.1) is 13.7 Å². The Morgan fingerprint density at radius 2 is 1.00 bits per heavy atom. The van der Waals surface area contributed by atoms with Gasteiger partial charge in [0.25, 0.3) is 0 Å². The lowest BCUT2D eigenvalue weighted by Gasteiger charge is -2.04. The van der Waals surface area contributed by atoms with Crippen LogP contribution in [0.4, 0.5) is 0 Å². The molecule has 0 aromatic carbocycles. The van der Waals surface area contributed by atoms with Crippen molar-refractivity contribution >= 4 is 10.4 Å². The maximum Gasteiger partial charge on any atom is 0.399 e. The van der Waals surface area contributed by atoms with Gasteiger partial charge in [0.2, 0.25) is 0 Å². The highest BCUT2D eigenvalue weighted by Crippen LogP contribution is 2.13. The number of hydrogen-bond acceptors (Lipinski definition) is 4. The zero-order chi connectivity index (χ0) is 16.5. The molecular formula is C17H36O4S. The Morgan fingerprint density at radius 1 is 0.636 bits per heavy atom. The minimum absolute atomic E-state index is 0.230. The fraction of sp³-hybridized carbons (Fsp3) is 1.00. The Morgan fingerprint density at radius 3 is 1.36 bits per heavy atom. The molecule has 0 amide bonds. The van der Waals surface area contributed by atoms with Crippen LogP contribution in [0.5, 0.6) is 0 Å². The second-order valence-corrected chi connectivity index (χ2v) is 7.38. The largest absolute Gasteiger partial charge is 0.399 e. The summed E-state index contributed by atoms with van der Waals surface area (Å²) in [6.07, 6.45) is 17.9. The van der Waals surface area contributed by atoms with Crippen LogP contribution in [0.1, 0.15) is 96.8 Å². The average Bonchev–Trinajstić information content (AvgIpc) is 2.51. The van der Waals surface area contributed by atoms with Gasteiger partial charge in [0, 0.05) is 0 Å². The van der Waals surface area contributed by atoms with E-state index in [2.05, 4.69) is 15.3 Å². The van der Waals surface area contributed by atoms with E-state index in [1.54, 1.807) is 0 Å². The Kier molecular flexibility index (Phi) is 15.7. The molecular weight excluding hydrogens is 300 g/mol. The minimum Gasteiger partial charge on any atom is -0.252 e. The van der Waals surface area contributed by atoms with Gasteiger partial charge in [-0.1, -0.05) is 90.4 Å². The van der Waals surface area contributed by atoms with Crippen molar-refractivity contribution in [3.63, 3.8) is 0 Å². The second-order valence-electron chi connectivity index (χ2n) is 5.99. The SMILES string of the molecule is CCCCCCCCCCCCCCCCOS(=O)(=O)OC. The number of unbranched alkanes of at least 4 members (excludes halogenated alkanes) is 13. The quantitative estimate of drug-likeness (QED) is 0.335. The summed E-state index contributed by atoms with van der Waals surface area (Å²) in [5.41, 5.74) is 0. The number of hydrogen-bond donors (Lipinski definition) is 0. The van der Waals surface area contributed by atoms with Crippen LogP contribution in [-0.4, -0.2) is 22.1 Å². The Hall–Kier alpha value is -0.130. The highest BCUT2D eigenvalue weighted by Gasteiger charge is 2.07. The first-order valence-electron chi connectivity index (χ1n) is 9.07. The fourth-order valence-corrected chi connectivity index (χ4v) is 2.92. The molecule has 0 N–H and O–H groups in total. The summed E-state index contributed by atoms with van der Waals surface area (Å²) in [5, 5.41) is 0. The molecule has 0 saturated carbocycles. The lowest BCUT2D eigenvalue weighted by atomic mass is 10.0. The molecule has 0 aromatic rings. The van der Waals surface area contributed by atoms with Crippen molar-refractivity contribution in [3.8, 4) is 0 Å². The van der Waals surface area contributed by atoms with Gasteiger partial charge in [-0.3, -0.25) is 4.18 Å². The first kappa shape index (κ1) is 21.9. The van der Waals surface area contributed by atoms with Gasteiger partial charge in [0.1, 0.15) is 0 Å². The number of rotatable bonds is 17. The van der Waals surface area contributed by atoms with Crippen LogP contribution >= 0.6 is 0 Å². The molecule has 0 radical (unpaired) electrons. The molecule has 134 valence electrons. The van der Waals surface area contributed by atoms with Gasteiger partial charge in [0.15, 0.2) is 0 Å². The zero-order valence-electron chi connectivity index (χ0n) is 14.6. The molecule has 4 nitrogen and oxygen atoms in total. The van der Waals surface area contributed by atoms with Crippen LogP contribution in [0, 0.1) is 0 Å². The molecule has 0 saturated heterocycles. The van der Waals surface area contributed by atoms with Crippen LogP contribution in [-0.2, 0) is 18.8 Å². The fourth-order valence-electron chi connectivity index (χ4n) is 2.51. The average molecular weight is 337 g/mol. The van der Waals surface area contributed by atoms with E-state index in [-0.39, 0.29) is 6.61 Å². The van der Waals surface area contributed by atoms with E-state index in [1.165, 1.54) is 70.6 Å². The maximum atomic E-state index is 10.9. The predicted molar refractivity (Wildman–Crippen MR) is 92.2 cm³/mol. The summed E-state index contributed by atoms with van der Waals surface area (Å²) in [6, 6.07) is 0. The van der Waals surface area contributed by atoms with E-state index in [0.29, 0.717) is 0 Å². The topological polar surface area (TPSA) is 52.6 Å². The van der Waals surface area contributed by atoms with E-state index < -0.39 is 10.4 Å². The highest BCUT2D eigenvalue weighted by atomic mass is 32.3. The third-order valence-electron chi connectivity index (χ3n) is 3.93. The summed E-state index contributed by atoms with van der Waals surface area (Å²) in [7, 11) is -2.63. The van der Waals surface area contributed by atoms with Crippen LogP contribution in [0.3, 0.4) is 0 Å². The van der Waals surface area contributed by atoms with E-state index in [0.717, 1.165) is 26.4 Å². The third-order valence-corrected chi connectivity index (χ3v) is 4.79. The molecule has 0 aliphatic heterocycles. The van der Waals surface area contributed by atoms with Crippen molar-refractivity contribution in [1.82, 2.24) is 0 Å². The van der Waals surface area contributed by atoms with Gasteiger partial charge in [-0.25, -0.2) is 4.18 Å². The minimum atomic E-state index is -3.74. The van der Waals surface area contributed by atoms with Crippen molar-refractivity contribution in [2.24, 2.45) is 0 Å². The summed E-state index contributed by atoms with van der Waals surface area (Å²) in [4.78, 5) is 0. The molecule has 0 aromatic heterocycles. The van der Waals surface area contributed by atoms with Crippen LogP contribution in [0.15, 0.2) is 0 Å². The first-order valence-corrected chi connectivity index (χ1v) is 10.4. The first-order chi connectivity index (χ1) is 10.6. The molecule has 0 rings (SSSR count). The smallest absolute Gasteiger partial charge is 0.252 e. The molecule has 22 heavy (non-hydrogen) atoms. The van der Waals surface area contributed by atoms with Crippen molar-refractivity contribution in [2.45, 2.75) is 96.8 Å². The molecule has 0 unspecified atom stereocenters. The second kappa shape index (κ2) is 15.8. The van der Waals surface area contributed by atoms with Crippen LogP contribution in [0.2, 0.25) is 0 Å². The molecule has 0 aliphatic rings. The zero-order valence-corrected chi connectivity index (χ0v) is 15.5. The standard InChI is InChI=1S/C17H36O4S/c1-3-4-5-6-7-8-9-10-11-12-13-14-15-16-17-21-22(18,19)20-2/h3-17H2,1-2H3. The van der Waals surface area contributed by atoms with Crippen LogP contribution < -0.4 is 0 Å². The molecule has 0 bridgehead atoms. The Labute approximate surface area is 138 Å². The lowest BCUT2D eigenvalue weighted by molar-refractivity contribution is 0.238. The van der Waals surface area contributed by atoms with Gasteiger partial charge < -0.3 is 0 Å². The lowest BCUT2D eigenvalue weighted by Crippen LogP contribution is -2.08. The van der Waals surface area contributed by atoms with Gasteiger partial charge in [-0.05, 0) is 6.42 Å². The maximum absolute atomic E-state index is 10.9. The van der Waals surface area contributed by atoms with Gasteiger partial charge in [-0.2, -0.15) is 8.42 Å². The molecule has 0 aliphatic carbocycles. The molecule has 0 heterocycles. The summed E-state index contributed by atoms with van der Waals surface area (Å²) in [5.74, 6) is 0. The third kappa shape index (κ3) is 16.2. The summed E-state index contributed by atoms with van der Waals surface area (Å²) < 4.78 is 30.6. The van der Waals surface area contributed by atoms with E-state index in [4.69, 9.17) is 0 Å². The van der Waals surface area contributed by atoms with Crippen LogP contribution in [0.25, 0.3) is 0 Å². The van der Waals surface area contributed by atoms with E-state index in [9.17, 15) is 8.42 Å².